The summed E-state index contributed by atoms with van der Waals surface area (Å²) in [5, 5.41) is 14.9. The van der Waals surface area contributed by atoms with Gasteiger partial charge in [-0.05, 0) is 42.0 Å². The summed E-state index contributed by atoms with van der Waals surface area (Å²) < 4.78 is 7.84. The number of methoxy groups -OCH3 is 1. The topological polar surface area (TPSA) is 94.6 Å². The molecule has 6 nitrogen and oxygen atoms in total. The van der Waals surface area contributed by atoms with Crippen molar-refractivity contribution in [3.05, 3.63) is 89.1 Å². The van der Waals surface area contributed by atoms with Gasteiger partial charge in [0, 0.05) is 34.2 Å². The van der Waals surface area contributed by atoms with Crippen molar-refractivity contribution in [3.63, 3.8) is 0 Å². The fraction of sp³-hybridized carbons (Fsp3) is 0.185. The number of ether oxygens (including phenoxy) is 1. The maximum Gasteiger partial charge on any atom is 0.153 e. The molecule has 0 spiro atoms. The van der Waals surface area contributed by atoms with Crippen LogP contribution in [0.25, 0.3) is 21.1 Å². The normalized spacial score (nSPS) is 17.5. The van der Waals surface area contributed by atoms with Crippen molar-refractivity contribution in [3.8, 4) is 5.75 Å². The molecule has 0 unspecified atom stereocenters. The lowest BCUT2D eigenvalue weighted by atomic mass is 9.90. The molecule has 0 bridgehead atoms. The second-order valence-electron chi connectivity index (χ2n) is 8.67. The Kier molecular flexibility index (Phi) is 5.72. The molecular formula is C27H23N3O3S2. The summed E-state index contributed by atoms with van der Waals surface area (Å²) in [6.07, 6.45) is 0.439. The fourth-order valence-electron chi connectivity index (χ4n) is 4.92. The fourth-order valence-corrected chi connectivity index (χ4v) is 6.97. The molecule has 1 aliphatic rings. The number of fused-ring (bicyclic) bond motifs is 4. The lowest BCUT2D eigenvalue weighted by Crippen LogP contribution is -2.95. The third kappa shape index (κ3) is 4.07. The maximum atomic E-state index is 11.9. The number of carboxylic acids is 1. The third-order valence-electron chi connectivity index (χ3n) is 6.60. The minimum Gasteiger partial charge on any atom is -0.544 e. The smallest absolute Gasteiger partial charge is 0.153 e. The number of nitrogens with one attached hydrogen (secondary N) is 1. The molecule has 5 aromatic rings. The zero-order valence-electron chi connectivity index (χ0n) is 19.0. The average molecular weight is 502 g/mol. The van der Waals surface area contributed by atoms with Gasteiger partial charge in [-0.3, -0.25) is 0 Å². The highest BCUT2D eigenvalue weighted by Crippen LogP contribution is 2.36. The maximum absolute atomic E-state index is 11.9. The number of nitrogens with zero attached hydrogens (tertiary/aromatic N) is 1. The molecule has 3 heterocycles. The van der Waals surface area contributed by atoms with Gasteiger partial charge >= 0.3 is 0 Å². The number of thiazole rings is 1. The van der Waals surface area contributed by atoms with Crippen LogP contribution in [0.2, 0.25) is 0 Å². The number of thioether (sulfide) groups is 1. The molecule has 3 N–H and O–H groups in total. The largest absolute Gasteiger partial charge is 0.544 e. The van der Waals surface area contributed by atoms with Gasteiger partial charge < -0.3 is 24.9 Å². The first-order chi connectivity index (χ1) is 17.1. The van der Waals surface area contributed by atoms with Gasteiger partial charge in [-0.15, -0.1) is 11.3 Å². The highest BCUT2D eigenvalue weighted by Gasteiger charge is 2.35. The van der Waals surface area contributed by atoms with Crippen LogP contribution in [0.3, 0.4) is 0 Å². The number of aliphatic carboxylic acids is 1. The first kappa shape index (κ1) is 22.2. The molecule has 0 fully saturated rings. The lowest BCUT2D eigenvalue weighted by Gasteiger charge is -2.29. The number of para-hydroxylation sites is 2. The molecule has 35 heavy (non-hydrogen) atoms. The van der Waals surface area contributed by atoms with Gasteiger partial charge in [0.25, 0.3) is 0 Å². The van der Waals surface area contributed by atoms with E-state index in [0.717, 1.165) is 48.9 Å². The van der Waals surface area contributed by atoms with Crippen molar-refractivity contribution in [1.29, 1.82) is 0 Å². The van der Waals surface area contributed by atoms with Gasteiger partial charge in [-0.25, -0.2) is 4.98 Å². The number of aromatic amines is 1. The summed E-state index contributed by atoms with van der Waals surface area (Å²) in [5.74, 6) is 0.477. The number of rotatable bonds is 6. The van der Waals surface area contributed by atoms with E-state index in [4.69, 9.17) is 9.72 Å². The van der Waals surface area contributed by atoms with Crippen molar-refractivity contribution in [2.75, 3.05) is 7.11 Å². The Morgan fingerprint density at radius 2 is 2.03 bits per heavy atom. The zero-order chi connectivity index (χ0) is 23.9. The van der Waals surface area contributed by atoms with E-state index in [1.807, 2.05) is 59.9 Å². The molecule has 1 aliphatic heterocycles. The molecule has 0 radical (unpaired) electrons. The average Bonchev–Trinajstić information content (AvgIpc) is 3.47. The number of benzene rings is 3. The van der Waals surface area contributed by atoms with Gasteiger partial charge in [0.2, 0.25) is 0 Å². The molecule has 176 valence electrons. The van der Waals surface area contributed by atoms with Gasteiger partial charge in [0.15, 0.2) is 10.4 Å². The summed E-state index contributed by atoms with van der Waals surface area (Å²) in [6.45, 7) is 0. The van der Waals surface area contributed by atoms with Crippen LogP contribution in [0.4, 0.5) is 0 Å². The van der Waals surface area contributed by atoms with Crippen LogP contribution < -0.4 is 15.2 Å². The predicted octanol–water partition coefficient (Wildman–Crippen LogP) is 3.41. The van der Waals surface area contributed by atoms with Crippen molar-refractivity contribution >= 4 is 50.2 Å². The number of carboxylic acid groups (broad SMARTS) is 1. The Hall–Kier alpha value is -3.33. The van der Waals surface area contributed by atoms with Gasteiger partial charge in [-0.1, -0.05) is 42.1 Å². The number of hydrogen-bond acceptors (Lipinski definition) is 6. The number of carbonyl (C=O) groups is 1. The second-order valence-corrected chi connectivity index (χ2v) is 10.9. The Morgan fingerprint density at radius 3 is 2.86 bits per heavy atom. The van der Waals surface area contributed by atoms with Crippen molar-refractivity contribution in [2.24, 2.45) is 0 Å². The monoisotopic (exact) mass is 501 g/mol. The van der Waals surface area contributed by atoms with E-state index in [9.17, 15) is 9.90 Å². The van der Waals surface area contributed by atoms with Gasteiger partial charge in [0.05, 0.1) is 29.0 Å². The summed E-state index contributed by atoms with van der Waals surface area (Å²) in [6, 6.07) is 21.5. The summed E-state index contributed by atoms with van der Waals surface area (Å²) in [5.41, 5.74) is 6.23. The summed E-state index contributed by atoms with van der Waals surface area (Å²) in [7, 11) is 1.68. The van der Waals surface area contributed by atoms with E-state index < -0.39 is 12.0 Å². The first-order valence-corrected chi connectivity index (χ1v) is 13.2. The van der Waals surface area contributed by atoms with Gasteiger partial charge in [-0.2, -0.15) is 0 Å². The molecule has 0 amide bonds. The van der Waals surface area contributed by atoms with Crippen molar-refractivity contribution in [2.45, 2.75) is 28.6 Å². The highest BCUT2D eigenvalue weighted by molar-refractivity contribution is 8.00. The van der Waals surface area contributed by atoms with Crippen LogP contribution in [0.15, 0.2) is 71.1 Å². The molecule has 8 heteroatoms. The Balaban J connectivity index is 1.36. The molecule has 0 aliphatic carbocycles. The van der Waals surface area contributed by atoms with Crippen LogP contribution in [0.5, 0.6) is 5.75 Å². The molecule has 3 aromatic carbocycles. The molecule has 0 saturated heterocycles. The van der Waals surface area contributed by atoms with E-state index in [2.05, 4.69) is 17.1 Å². The minimum atomic E-state index is -1.04. The summed E-state index contributed by atoms with van der Waals surface area (Å²) >= 11 is 3.37. The van der Waals surface area contributed by atoms with Crippen LogP contribution in [0, 0.1) is 0 Å². The Labute approximate surface area is 210 Å². The van der Waals surface area contributed by atoms with Crippen LogP contribution in [-0.4, -0.2) is 29.1 Å². The van der Waals surface area contributed by atoms with Crippen LogP contribution >= 0.6 is 23.1 Å². The Morgan fingerprint density at radius 1 is 1.20 bits per heavy atom. The Bertz CT molecular complexity index is 1530. The van der Waals surface area contributed by atoms with E-state index in [0.29, 0.717) is 12.2 Å². The molecule has 2 atom stereocenters. The van der Waals surface area contributed by atoms with Crippen LogP contribution in [0.1, 0.15) is 28.4 Å². The minimum absolute atomic E-state index is 0.175. The van der Waals surface area contributed by atoms with E-state index in [1.54, 1.807) is 30.2 Å². The van der Waals surface area contributed by atoms with E-state index in [-0.39, 0.29) is 6.04 Å². The summed E-state index contributed by atoms with van der Waals surface area (Å²) in [4.78, 5) is 20.2. The second kappa shape index (κ2) is 9.03. The number of aromatic nitrogens is 2. The van der Waals surface area contributed by atoms with E-state index >= 15 is 0 Å². The molecular weight excluding hydrogens is 478 g/mol. The molecule has 2 aromatic heterocycles. The van der Waals surface area contributed by atoms with Crippen LogP contribution in [-0.2, 0) is 17.0 Å². The predicted molar refractivity (Wildman–Crippen MR) is 137 cm³/mol. The lowest BCUT2D eigenvalue weighted by molar-refractivity contribution is -0.717. The molecule has 0 saturated carbocycles. The standard InChI is InChI=1S/C27H23N3O3S2/c1-33-22-11-10-15(12-16(22)14-34-27-30-20-8-4-5-9-23(20)35-27)24-25-18(13-21(29-24)26(31)32)17-6-2-3-7-19(17)28-25/h2-12,21,24,28-29H,13-14H2,1H3,(H,31,32)/t21-,24+/m1/s1. The van der Waals surface area contributed by atoms with Crippen molar-refractivity contribution < 1.29 is 20.0 Å². The number of H-pyrrole nitrogens is 1. The number of carbonyl (C=O) groups excluding carboxylic acids is 1. The number of hydrogen-bond donors (Lipinski definition) is 2. The zero-order valence-corrected chi connectivity index (χ0v) is 20.6. The van der Waals surface area contributed by atoms with E-state index in [1.165, 1.54) is 4.70 Å². The highest BCUT2D eigenvalue weighted by atomic mass is 32.2. The molecule has 6 rings (SSSR count). The first-order valence-electron chi connectivity index (χ1n) is 11.4. The van der Waals surface area contributed by atoms with Crippen molar-refractivity contribution in [1.82, 2.24) is 9.97 Å². The number of quaternary nitrogens is 1. The number of nitrogens with two attached hydrogens (primary N) is 1. The third-order valence-corrected chi connectivity index (χ3v) is 8.83. The van der Waals surface area contributed by atoms with Gasteiger partial charge in [0.1, 0.15) is 11.8 Å². The quantitative estimate of drug-likeness (QED) is 0.348. The SMILES string of the molecule is COc1ccc([C@@H]2[NH2+][C@@H](C(=O)[O-])Cc3c2[nH]c2ccccc32)cc1CSc1nc2ccccc2s1.